The molecule has 0 aliphatic heterocycles. The maximum Gasteiger partial charge on any atom is 0.265 e. The normalized spacial score (nSPS) is 10.9. The SMILES string of the molecule is CC(C)c1nc(CCc2ccccc2)[nH]c(=O)c1Br. The summed E-state index contributed by atoms with van der Waals surface area (Å²) in [4.78, 5) is 19.2. The second kappa shape index (κ2) is 6.15. The van der Waals surface area contributed by atoms with E-state index >= 15 is 0 Å². The minimum atomic E-state index is -0.0956. The van der Waals surface area contributed by atoms with E-state index in [-0.39, 0.29) is 11.5 Å². The zero-order valence-electron chi connectivity index (χ0n) is 11.1. The molecule has 1 N–H and O–H groups in total. The van der Waals surface area contributed by atoms with Gasteiger partial charge in [-0.2, -0.15) is 0 Å². The summed E-state index contributed by atoms with van der Waals surface area (Å²) in [5.74, 6) is 0.980. The Bertz CT molecular complexity index is 605. The molecule has 0 aliphatic carbocycles. The number of rotatable bonds is 4. The summed E-state index contributed by atoms with van der Waals surface area (Å²) in [7, 11) is 0. The molecule has 1 heterocycles. The van der Waals surface area contributed by atoms with Crippen LogP contribution in [0.25, 0.3) is 0 Å². The van der Waals surface area contributed by atoms with Crippen LogP contribution < -0.4 is 5.56 Å². The summed E-state index contributed by atoms with van der Waals surface area (Å²) < 4.78 is 0.547. The maximum atomic E-state index is 11.8. The van der Waals surface area contributed by atoms with Gasteiger partial charge >= 0.3 is 0 Å². The van der Waals surface area contributed by atoms with E-state index in [1.54, 1.807) is 0 Å². The van der Waals surface area contributed by atoms with Crippen molar-refractivity contribution in [3.05, 3.63) is 62.2 Å². The lowest BCUT2D eigenvalue weighted by Crippen LogP contribution is -2.17. The number of aromatic nitrogens is 2. The molecular weight excluding hydrogens is 304 g/mol. The molecule has 2 aromatic rings. The van der Waals surface area contributed by atoms with Gasteiger partial charge in [-0.25, -0.2) is 4.98 Å². The van der Waals surface area contributed by atoms with E-state index in [4.69, 9.17) is 0 Å². The average Bonchev–Trinajstić information content (AvgIpc) is 2.41. The molecule has 0 bridgehead atoms. The van der Waals surface area contributed by atoms with Crippen molar-refractivity contribution in [3.63, 3.8) is 0 Å². The van der Waals surface area contributed by atoms with Crippen LogP contribution >= 0.6 is 15.9 Å². The van der Waals surface area contributed by atoms with Crippen LogP contribution in [0, 0.1) is 0 Å². The van der Waals surface area contributed by atoms with Gasteiger partial charge in [-0.15, -0.1) is 0 Å². The van der Waals surface area contributed by atoms with Crippen molar-refractivity contribution in [3.8, 4) is 0 Å². The van der Waals surface area contributed by atoms with Gasteiger partial charge in [0, 0.05) is 6.42 Å². The molecule has 100 valence electrons. The number of benzene rings is 1. The summed E-state index contributed by atoms with van der Waals surface area (Å²) in [5, 5.41) is 0. The number of hydrogen-bond donors (Lipinski definition) is 1. The maximum absolute atomic E-state index is 11.8. The van der Waals surface area contributed by atoms with E-state index in [9.17, 15) is 4.79 Å². The lowest BCUT2D eigenvalue weighted by atomic mass is 10.1. The third-order valence-corrected chi connectivity index (χ3v) is 3.74. The highest BCUT2D eigenvalue weighted by molar-refractivity contribution is 9.10. The van der Waals surface area contributed by atoms with Gasteiger partial charge < -0.3 is 4.98 Å². The molecule has 0 spiro atoms. The summed E-state index contributed by atoms with van der Waals surface area (Å²) >= 11 is 3.30. The molecule has 1 aromatic heterocycles. The van der Waals surface area contributed by atoms with E-state index < -0.39 is 0 Å². The van der Waals surface area contributed by atoms with Crippen molar-refractivity contribution >= 4 is 15.9 Å². The molecule has 4 heteroatoms. The fourth-order valence-electron chi connectivity index (χ4n) is 1.93. The smallest absolute Gasteiger partial charge is 0.265 e. The molecule has 1 aromatic carbocycles. The van der Waals surface area contributed by atoms with Gasteiger partial charge in [0.2, 0.25) is 0 Å². The van der Waals surface area contributed by atoms with Crippen LogP contribution in [0.15, 0.2) is 39.6 Å². The Morgan fingerprint density at radius 2 is 1.89 bits per heavy atom. The Labute approximate surface area is 121 Å². The van der Waals surface area contributed by atoms with E-state index in [1.165, 1.54) is 5.56 Å². The standard InChI is InChI=1S/C15H17BrN2O/c1-10(2)14-13(16)15(19)18-12(17-14)9-8-11-6-4-3-5-7-11/h3-7,10H,8-9H2,1-2H3,(H,17,18,19). The minimum absolute atomic E-state index is 0.0956. The third-order valence-electron chi connectivity index (χ3n) is 2.98. The van der Waals surface area contributed by atoms with Crippen LogP contribution in [-0.4, -0.2) is 9.97 Å². The van der Waals surface area contributed by atoms with Crippen molar-refractivity contribution in [1.82, 2.24) is 9.97 Å². The molecule has 0 atom stereocenters. The Morgan fingerprint density at radius 1 is 1.21 bits per heavy atom. The Balaban J connectivity index is 2.20. The number of halogens is 1. The number of aryl methyl sites for hydroxylation is 2. The predicted octanol–water partition coefficient (Wildman–Crippen LogP) is 3.44. The first-order chi connectivity index (χ1) is 9.08. The molecule has 0 fully saturated rings. The average molecular weight is 321 g/mol. The zero-order valence-corrected chi connectivity index (χ0v) is 12.7. The van der Waals surface area contributed by atoms with Gasteiger partial charge in [-0.05, 0) is 33.8 Å². The monoisotopic (exact) mass is 320 g/mol. The van der Waals surface area contributed by atoms with Crippen LogP contribution in [0.1, 0.15) is 36.8 Å². The number of H-pyrrole nitrogens is 1. The summed E-state index contributed by atoms with van der Waals surface area (Å²) in [6.45, 7) is 4.07. The van der Waals surface area contributed by atoms with E-state index in [1.807, 2.05) is 32.0 Å². The van der Waals surface area contributed by atoms with Crippen LogP contribution in [0.3, 0.4) is 0 Å². The van der Waals surface area contributed by atoms with Crippen molar-refractivity contribution in [1.29, 1.82) is 0 Å². The van der Waals surface area contributed by atoms with Gasteiger partial charge in [0.1, 0.15) is 10.3 Å². The summed E-state index contributed by atoms with van der Waals surface area (Å²) in [6, 6.07) is 10.2. The first kappa shape index (κ1) is 14.0. The number of hydrogen-bond acceptors (Lipinski definition) is 2. The minimum Gasteiger partial charge on any atom is -0.310 e. The number of aromatic amines is 1. The van der Waals surface area contributed by atoms with Gasteiger partial charge in [0.25, 0.3) is 5.56 Å². The number of nitrogens with zero attached hydrogens (tertiary/aromatic N) is 1. The first-order valence-corrected chi connectivity index (χ1v) is 7.19. The molecule has 2 rings (SSSR count). The van der Waals surface area contributed by atoms with Crippen LogP contribution in [-0.2, 0) is 12.8 Å². The van der Waals surface area contributed by atoms with Crippen LogP contribution in [0.2, 0.25) is 0 Å². The van der Waals surface area contributed by atoms with Crippen molar-refractivity contribution in [2.24, 2.45) is 0 Å². The van der Waals surface area contributed by atoms with Crippen molar-refractivity contribution < 1.29 is 0 Å². The predicted molar refractivity (Wildman–Crippen MR) is 80.5 cm³/mol. The van der Waals surface area contributed by atoms with Gasteiger partial charge in [0.05, 0.1) is 5.69 Å². The Kier molecular flexibility index (Phi) is 4.53. The molecule has 0 unspecified atom stereocenters. The molecule has 0 aliphatic rings. The molecule has 3 nitrogen and oxygen atoms in total. The van der Waals surface area contributed by atoms with Gasteiger partial charge in [-0.1, -0.05) is 44.2 Å². The zero-order chi connectivity index (χ0) is 13.8. The lowest BCUT2D eigenvalue weighted by Gasteiger charge is -2.09. The highest BCUT2D eigenvalue weighted by atomic mass is 79.9. The Morgan fingerprint density at radius 3 is 2.53 bits per heavy atom. The van der Waals surface area contributed by atoms with E-state index in [2.05, 4.69) is 38.0 Å². The summed E-state index contributed by atoms with van der Waals surface area (Å²) in [6.07, 6.45) is 1.62. The van der Waals surface area contributed by atoms with Crippen molar-refractivity contribution in [2.45, 2.75) is 32.6 Å². The second-order valence-corrected chi connectivity index (χ2v) is 5.65. The second-order valence-electron chi connectivity index (χ2n) is 4.85. The fourth-order valence-corrected chi connectivity index (χ4v) is 2.58. The van der Waals surface area contributed by atoms with Gasteiger partial charge in [0.15, 0.2) is 0 Å². The van der Waals surface area contributed by atoms with Gasteiger partial charge in [-0.3, -0.25) is 4.79 Å². The van der Waals surface area contributed by atoms with Crippen LogP contribution in [0.5, 0.6) is 0 Å². The molecule has 0 saturated carbocycles. The van der Waals surface area contributed by atoms with Crippen LogP contribution in [0.4, 0.5) is 0 Å². The quantitative estimate of drug-likeness (QED) is 0.937. The highest BCUT2D eigenvalue weighted by Crippen LogP contribution is 2.18. The largest absolute Gasteiger partial charge is 0.310 e. The van der Waals surface area contributed by atoms with E-state index in [0.717, 1.165) is 24.4 Å². The van der Waals surface area contributed by atoms with Crippen molar-refractivity contribution in [2.75, 3.05) is 0 Å². The fraction of sp³-hybridized carbons (Fsp3) is 0.333. The number of nitrogens with one attached hydrogen (secondary N) is 1. The Hall–Kier alpha value is -1.42. The van der Waals surface area contributed by atoms with E-state index in [0.29, 0.717) is 4.47 Å². The summed E-state index contributed by atoms with van der Waals surface area (Å²) in [5.41, 5.74) is 1.98. The molecule has 0 radical (unpaired) electrons. The molecule has 0 amide bonds. The first-order valence-electron chi connectivity index (χ1n) is 6.40. The highest BCUT2D eigenvalue weighted by Gasteiger charge is 2.12. The third kappa shape index (κ3) is 3.53. The lowest BCUT2D eigenvalue weighted by molar-refractivity contribution is 0.755. The molecule has 0 saturated heterocycles. The topological polar surface area (TPSA) is 45.8 Å². The molecular formula is C15H17BrN2O. The molecule has 19 heavy (non-hydrogen) atoms.